The molecule has 4 aliphatic heterocycles. The Hall–Kier alpha value is -4.74. The quantitative estimate of drug-likeness (QED) is 0.199. The zero-order valence-electron chi connectivity index (χ0n) is 37.7. The van der Waals surface area contributed by atoms with Crippen LogP contribution in [0.15, 0.2) is 121 Å². The fraction of sp³-hybridized carbons (Fsp3) is 0.490. The predicted molar refractivity (Wildman–Crippen MR) is 246 cm³/mol. The maximum atomic E-state index is 12.3. The highest BCUT2D eigenvalue weighted by Crippen LogP contribution is 2.35. The first-order valence-corrected chi connectivity index (χ1v) is 22.3. The minimum absolute atomic E-state index is 0.189. The van der Waals surface area contributed by atoms with E-state index in [1.54, 1.807) is 4.90 Å². The fourth-order valence-corrected chi connectivity index (χ4v) is 8.43. The van der Waals surface area contributed by atoms with Gasteiger partial charge < -0.3 is 24.6 Å². The smallest absolute Gasteiger partial charge is 0.410 e. The van der Waals surface area contributed by atoms with Gasteiger partial charge in [-0.25, -0.2) is 9.59 Å². The first-order valence-electron chi connectivity index (χ1n) is 22.3. The van der Waals surface area contributed by atoms with Crippen LogP contribution in [0.1, 0.15) is 82.8 Å². The van der Waals surface area contributed by atoms with E-state index in [1.165, 1.54) is 35.3 Å². The van der Waals surface area contributed by atoms with Crippen molar-refractivity contribution in [2.75, 3.05) is 78.5 Å². The summed E-state index contributed by atoms with van der Waals surface area (Å²) in [7, 11) is 0. The van der Waals surface area contributed by atoms with Crippen molar-refractivity contribution < 1.29 is 19.1 Å². The zero-order chi connectivity index (χ0) is 43.4. The molecular weight excluding hydrogens is 761 g/mol. The van der Waals surface area contributed by atoms with Crippen LogP contribution in [0.25, 0.3) is 0 Å². The lowest BCUT2D eigenvalue weighted by molar-refractivity contribution is -0.0205. The van der Waals surface area contributed by atoms with Gasteiger partial charge in [-0.05, 0) is 69.7 Å². The second-order valence-corrected chi connectivity index (χ2v) is 18.8. The minimum atomic E-state index is -0.438. The Bertz CT molecular complexity index is 1820. The van der Waals surface area contributed by atoms with Gasteiger partial charge in [0.2, 0.25) is 0 Å². The van der Waals surface area contributed by atoms with Gasteiger partial charge in [0.1, 0.15) is 11.2 Å². The molecule has 1 N–H and O–H groups in total. The van der Waals surface area contributed by atoms with Crippen LogP contribution < -0.4 is 5.32 Å². The number of ether oxygens (including phenoxy) is 2. The second kappa shape index (κ2) is 21.4. The van der Waals surface area contributed by atoms with Gasteiger partial charge in [-0.3, -0.25) is 14.7 Å². The molecule has 8 rings (SSSR count). The third-order valence-electron chi connectivity index (χ3n) is 11.4. The van der Waals surface area contributed by atoms with Crippen LogP contribution in [-0.4, -0.2) is 132 Å². The van der Waals surface area contributed by atoms with Crippen LogP contribution in [0.5, 0.6) is 0 Å². The molecule has 0 saturated carbocycles. The number of benzene rings is 4. The van der Waals surface area contributed by atoms with Gasteiger partial charge in [0.05, 0.1) is 12.1 Å². The average Bonchev–Trinajstić information content (AvgIpc) is 3.22. The minimum Gasteiger partial charge on any atom is -0.444 e. The Labute approximate surface area is 365 Å². The van der Waals surface area contributed by atoms with Crippen LogP contribution in [0.2, 0.25) is 0 Å². The molecule has 4 aliphatic rings. The molecule has 0 bridgehead atoms. The maximum Gasteiger partial charge on any atom is 0.410 e. The number of hydrogen-bond donors (Lipinski definition) is 1. The van der Waals surface area contributed by atoms with Gasteiger partial charge in [-0.1, -0.05) is 128 Å². The lowest BCUT2D eigenvalue weighted by Crippen LogP contribution is -2.64. The summed E-state index contributed by atoms with van der Waals surface area (Å²) in [6.45, 7) is 24.8. The number of nitrogens with one attached hydrogen (secondary N) is 1. The summed E-state index contributed by atoms with van der Waals surface area (Å²) in [6, 6.07) is 44.5. The third-order valence-corrected chi connectivity index (χ3v) is 11.4. The van der Waals surface area contributed by atoms with E-state index in [9.17, 15) is 9.59 Å². The average molecular weight is 831 g/mol. The Balaban J connectivity index is 0.000000170. The second-order valence-electron chi connectivity index (χ2n) is 18.8. The monoisotopic (exact) mass is 831 g/mol. The highest BCUT2D eigenvalue weighted by atomic mass is 16.6. The van der Waals surface area contributed by atoms with Crippen molar-refractivity contribution in [2.24, 2.45) is 5.92 Å². The molecule has 10 nitrogen and oxygen atoms in total. The van der Waals surface area contributed by atoms with Crippen molar-refractivity contribution in [1.82, 2.24) is 29.8 Å². The molecule has 4 fully saturated rings. The van der Waals surface area contributed by atoms with Crippen LogP contribution in [0.4, 0.5) is 9.59 Å². The number of likely N-dealkylation sites (tertiary alicyclic amines) is 2. The van der Waals surface area contributed by atoms with E-state index in [2.05, 4.69) is 148 Å². The van der Waals surface area contributed by atoms with E-state index in [4.69, 9.17) is 9.47 Å². The molecule has 328 valence electrons. The Kier molecular flexibility index (Phi) is 16.0. The van der Waals surface area contributed by atoms with Gasteiger partial charge in [-0.15, -0.1) is 0 Å². The summed E-state index contributed by atoms with van der Waals surface area (Å²) in [5, 5.41) is 3.18. The van der Waals surface area contributed by atoms with Crippen molar-refractivity contribution >= 4 is 12.2 Å². The molecule has 2 amide bonds. The van der Waals surface area contributed by atoms with Crippen LogP contribution in [0.3, 0.4) is 0 Å². The predicted octanol–water partition coefficient (Wildman–Crippen LogP) is 8.57. The fourth-order valence-electron chi connectivity index (χ4n) is 8.43. The van der Waals surface area contributed by atoms with Crippen LogP contribution in [0, 0.1) is 5.92 Å². The number of hydrogen-bond acceptors (Lipinski definition) is 8. The summed E-state index contributed by atoms with van der Waals surface area (Å²) in [6.07, 6.45) is -0.389. The van der Waals surface area contributed by atoms with Crippen molar-refractivity contribution in [3.63, 3.8) is 0 Å². The highest BCUT2D eigenvalue weighted by Gasteiger charge is 2.39. The molecule has 0 unspecified atom stereocenters. The van der Waals surface area contributed by atoms with Crippen molar-refractivity contribution in [1.29, 1.82) is 0 Å². The summed E-state index contributed by atoms with van der Waals surface area (Å²) in [5.41, 5.74) is 4.66. The van der Waals surface area contributed by atoms with E-state index >= 15 is 0 Å². The lowest BCUT2D eigenvalue weighted by Gasteiger charge is -2.51. The maximum absolute atomic E-state index is 12.3. The summed E-state index contributed by atoms with van der Waals surface area (Å²) in [5.74, 6) is 0.833. The first-order chi connectivity index (χ1) is 29.2. The molecule has 4 aromatic rings. The SMILES string of the molecule is CC(C)(C)OC(=O)N1CCN(C2CN(C(c3ccccc3)c3ccccc3)C2)CC1.CC(C)(C)OC(=O)N1CCNCC1.CC1CN(C(c2ccccc2)c2ccccc2)C1. The molecule has 4 heterocycles. The lowest BCUT2D eigenvalue weighted by atomic mass is 9.91. The van der Waals surface area contributed by atoms with Gasteiger partial charge in [0.25, 0.3) is 0 Å². The zero-order valence-corrected chi connectivity index (χ0v) is 37.7. The summed E-state index contributed by atoms with van der Waals surface area (Å²) < 4.78 is 10.8. The Morgan fingerprint density at radius 1 is 0.508 bits per heavy atom. The number of carbonyl (C=O) groups excluding carboxylic acids is 2. The van der Waals surface area contributed by atoms with Crippen molar-refractivity contribution in [2.45, 2.75) is 77.8 Å². The number of amides is 2. The molecule has 0 radical (unpaired) electrons. The first kappa shape index (κ1) is 45.8. The largest absolute Gasteiger partial charge is 0.444 e. The topological polar surface area (TPSA) is 80.8 Å². The molecule has 0 aromatic heterocycles. The summed E-state index contributed by atoms with van der Waals surface area (Å²) in [4.78, 5) is 35.0. The van der Waals surface area contributed by atoms with Crippen molar-refractivity contribution in [3.05, 3.63) is 144 Å². The van der Waals surface area contributed by atoms with Crippen LogP contribution in [-0.2, 0) is 9.47 Å². The number of piperazine rings is 2. The summed E-state index contributed by atoms with van der Waals surface area (Å²) >= 11 is 0. The van der Waals surface area contributed by atoms with E-state index in [1.807, 2.05) is 46.4 Å². The molecule has 4 saturated heterocycles. The van der Waals surface area contributed by atoms with Gasteiger partial charge in [0, 0.05) is 84.6 Å². The Morgan fingerprint density at radius 3 is 1.16 bits per heavy atom. The normalized spacial score (nSPS) is 18.2. The molecule has 4 aromatic carbocycles. The number of nitrogens with zero attached hydrogens (tertiary/aromatic N) is 5. The third kappa shape index (κ3) is 13.6. The molecule has 0 aliphatic carbocycles. The van der Waals surface area contributed by atoms with Gasteiger partial charge in [-0.2, -0.15) is 0 Å². The van der Waals surface area contributed by atoms with Crippen LogP contribution >= 0.6 is 0 Å². The van der Waals surface area contributed by atoms with E-state index in [0.29, 0.717) is 18.1 Å². The van der Waals surface area contributed by atoms with Gasteiger partial charge >= 0.3 is 12.2 Å². The number of carbonyl (C=O) groups is 2. The van der Waals surface area contributed by atoms with E-state index in [0.717, 1.165) is 71.4 Å². The number of rotatable bonds is 7. The van der Waals surface area contributed by atoms with E-state index in [-0.39, 0.29) is 17.8 Å². The van der Waals surface area contributed by atoms with Gasteiger partial charge in [0.15, 0.2) is 0 Å². The standard InChI is InChI=1S/C25H33N3O2.C17H19N.C9H18N2O2/c1-25(2,3)30-24(29)27-16-14-26(15-17-27)22-18-28(19-22)23(20-10-6-4-7-11-20)21-12-8-5-9-13-21;1-14-12-18(13-14)17(15-8-4-2-5-9-15)16-10-6-3-7-11-16;1-9(2,3)13-8(12)11-6-4-10-5-7-11/h4-13,22-23H,14-19H2,1-3H3;2-11,14,17H,12-13H2,1H3;10H,4-7H2,1-3H3. The molecular formula is C51H70N6O4. The van der Waals surface area contributed by atoms with Crippen molar-refractivity contribution in [3.8, 4) is 0 Å². The highest BCUT2D eigenvalue weighted by molar-refractivity contribution is 5.68. The molecule has 10 heteroatoms. The molecule has 0 atom stereocenters. The molecule has 0 spiro atoms. The van der Waals surface area contributed by atoms with E-state index < -0.39 is 5.60 Å². The Morgan fingerprint density at radius 2 is 0.836 bits per heavy atom. The molecule has 61 heavy (non-hydrogen) atoms.